The third-order valence-corrected chi connectivity index (χ3v) is 6.57. The molecular formula is C22H24ClN3O2. The minimum absolute atomic E-state index is 0.0761. The van der Waals surface area contributed by atoms with Crippen LogP contribution in [-0.2, 0) is 17.6 Å². The van der Waals surface area contributed by atoms with E-state index in [4.69, 9.17) is 16.6 Å². The van der Waals surface area contributed by atoms with E-state index in [0.29, 0.717) is 25.9 Å². The van der Waals surface area contributed by atoms with Crippen LogP contribution in [-0.4, -0.2) is 57.6 Å². The predicted molar refractivity (Wildman–Crippen MR) is 107 cm³/mol. The van der Waals surface area contributed by atoms with Crippen LogP contribution in [0.5, 0.6) is 0 Å². The van der Waals surface area contributed by atoms with Crippen molar-refractivity contribution in [1.29, 1.82) is 0 Å². The minimum Gasteiger partial charge on any atom is -0.380 e. The molecule has 1 amide bonds. The van der Waals surface area contributed by atoms with E-state index in [1.165, 1.54) is 16.7 Å². The van der Waals surface area contributed by atoms with Crippen LogP contribution in [0.3, 0.4) is 0 Å². The van der Waals surface area contributed by atoms with Gasteiger partial charge in [-0.25, -0.2) is 0 Å². The van der Waals surface area contributed by atoms with Gasteiger partial charge >= 0.3 is 0 Å². The molecule has 1 N–H and O–H groups in total. The third kappa shape index (κ3) is 3.11. The number of aliphatic hydroxyl groups is 1. The summed E-state index contributed by atoms with van der Waals surface area (Å²) >= 11 is 6.28. The first kappa shape index (κ1) is 18.1. The molecule has 0 spiro atoms. The maximum atomic E-state index is 12.5. The van der Waals surface area contributed by atoms with Gasteiger partial charge in [-0.2, -0.15) is 0 Å². The van der Waals surface area contributed by atoms with E-state index < -0.39 is 5.60 Å². The molecule has 5 rings (SSSR count). The Labute approximate surface area is 169 Å². The number of aryl methyl sites for hydroxylation is 2. The summed E-state index contributed by atoms with van der Waals surface area (Å²) in [6, 6.07) is 10.4. The van der Waals surface area contributed by atoms with Crippen molar-refractivity contribution < 1.29 is 9.90 Å². The van der Waals surface area contributed by atoms with Crippen LogP contribution in [0.25, 0.3) is 0 Å². The van der Waals surface area contributed by atoms with Crippen LogP contribution in [0.1, 0.15) is 41.3 Å². The number of halogens is 1. The van der Waals surface area contributed by atoms with Gasteiger partial charge in [-0.1, -0.05) is 23.7 Å². The zero-order chi connectivity index (χ0) is 19.3. The van der Waals surface area contributed by atoms with Crippen molar-refractivity contribution in [2.75, 3.05) is 26.2 Å². The molecule has 1 unspecified atom stereocenters. The number of nitrogens with zero attached hydrogens (tertiary/aromatic N) is 3. The second kappa shape index (κ2) is 6.83. The second-order valence-electron chi connectivity index (χ2n) is 8.15. The van der Waals surface area contributed by atoms with Crippen LogP contribution >= 0.6 is 11.6 Å². The fraction of sp³-hybridized carbons (Fsp3) is 0.455. The quantitative estimate of drug-likeness (QED) is 0.846. The van der Waals surface area contributed by atoms with E-state index in [-0.39, 0.29) is 11.9 Å². The fourth-order valence-corrected chi connectivity index (χ4v) is 4.76. The summed E-state index contributed by atoms with van der Waals surface area (Å²) < 4.78 is 0. The van der Waals surface area contributed by atoms with Crippen LogP contribution in [0.2, 0.25) is 5.02 Å². The Hall–Kier alpha value is -1.95. The van der Waals surface area contributed by atoms with Gasteiger partial charge in [0.25, 0.3) is 5.91 Å². The number of rotatable bonds is 2. The Morgan fingerprint density at radius 3 is 2.61 bits per heavy atom. The van der Waals surface area contributed by atoms with Crippen LogP contribution < -0.4 is 0 Å². The average Bonchev–Trinajstić information content (AvgIpc) is 3.49. The van der Waals surface area contributed by atoms with E-state index >= 15 is 0 Å². The standard InChI is InChI=1S/C22H24ClN3O2/c23-17-5-6-18-16(14-17)4-3-15-2-1-9-24-19(15)20(18)25-10-12-26(13-11-25)21(27)22(28)7-8-22/h1-2,5-6,9,14,20,28H,3-4,7-8,10-13H2. The largest absolute Gasteiger partial charge is 0.380 e. The van der Waals surface area contributed by atoms with Gasteiger partial charge < -0.3 is 10.0 Å². The van der Waals surface area contributed by atoms with E-state index in [2.05, 4.69) is 23.1 Å². The molecule has 5 nitrogen and oxygen atoms in total. The Balaban J connectivity index is 1.45. The summed E-state index contributed by atoms with van der Waals surface area (Å²) in [7, 11) is 0. The van der Waals surface area contributed by atoms with Gasteiger partial charge in [0.15, 0.2) is 0 Å². The number of fused-ring (bicyclic) bond motifs is 2. The van der Waals surface area contributed by atoms with Crippen molar-refractivity contribution in [3.63, 3.8) is 0 Å². The zero-order valence-corrected chi connectivity index (χ0v) is 16.5. The number of benzene rings is 1. The van der Waals surface area contributed by atoms with Crippen molar-refractivity contribution in [2.45, 2.75) is 37.3 Å². The number of pyridine rings is 1. The number of hydrogen-bond donors (Lipinski definition) is 1. The number of carbonyl (C=O) groups is 1. The summed E-state index contributed by atoms with van der Waals surface area (Å²) in [5.74, 6) is -0.0984. The van der Waals surface area contributed by atoms with Crippen molar-refractivity contribution in [3.05, 3.63) is 63.9 Å². The first-order valence-corrected chi connectivity index (χ1v) is 10.4. The topological polar surface area (TPSA) is 56.7 Å². The van der Waals surface area contributed by atoms with Crippen LogP contribution in [0.4, 0.5) is 0 Å². The molecule has 1 aromatic carbocycles. The van der Waals surface area contributed by atoms with E-state index in [1.807, 2.05) is 23.2 Å². The molecule has 1 saturated heterocycles. The molecule has 2 heterocycles. The first-order valence-electron chi connectivity index (χ1n) is 10.0. The Morgan fingerprint density at radius 1 is 1.11 bits per heavy atom. The lowest BCUT2D eigenvalue weighted by Crippen LogP contribution is -2.53. The molecule has 1 saturated carbocycles. The van der Waals surface area contributed by atoms with E-state index in [0.717, 1.165) is 36.6 Å². The number of piperazine rings is 1. The molecule has 1 aromatic heterocycles. The summed E-state index contributed by atoms with van der Waals surface area (Å²) in [6.07, 6.45) is 4.98. The highest BCUT2D eigenvalue weighted by Crippen LogP contribution is 2.39. The maximum absolute atomic E-state index is 12.5. The molecule has 2 fully saturated rings. The van der Waals surface area contributed by atoms with E-state index in [9.17, 15) is 9.90 Å². The monoisotopic (exact) mass is 397 g/mol. The van der Waals surface area contributed by atoms with Gasteiger partial charge in [-0.15, -0.1) is 0 Å². The summed E-state index contributed by atoms with van der Waals surface area (Å²) in [4.78, 5) is 21.5. The highest BCUT2D eigenvalue weighted by molar-refractivity contribution is 6.30. The van der Waals surface area contributed by atoms with Crippen molar-refractivity contribution in [2.24, 2.45) is 0 Å². The lowest BCUT2D eigenvalue weighted by Gasteiger charge is -2.40. The minimum atomic E-state index is -1.08. The molecule has 2 aliphatic carbocycles. The summed E-state index contributed by atoms with van der Waals surface area (Å²) in [5.41, 5.74) is 3.86. The third-order valence-electron chi connectivity index (χ3n) is 6.34. The molecule has 3 aliphatic rings. The number of aromatic nitrogens is 1. The first-order chi connectivity index (χ1) is 13.5. The van der Waals surface area contributed by atoms with Crippen molar-refractivity contribution in [1.82, 2.24) is 14.8 Å². The van der Waals surface area contributed by atoms with Gasteiger partial charge in [0, 0.05) is 37.4 Å². The number of hydrogen-bond acceptors (Lipinski definition) is 4. The molecule has 146 valence electrons. The molecule has 2 aromatic rings. The predicted octanol–water partition coefficient (Wildman–Crippen LogP) is 2.59. The second-order valence-corrected chi connectivity index (χ2v) is 8.59. The highest BCUT2D eigenvalue weighted by atomic mass is 35.5. The van der Waals surface area contributed by atoms with E-state index in [1.54, 1.807) is 0 Å². The van der Waals surface area contributed by atoms with Crippen molar-refractivity contribution >= 4 is 17.5 Å². The van der Waals surface area contributed by atoms with Gasteiger partial charge in [-0.05, 0) is 60.6 Å². The molecule has 0 bridgehead atoms. The van der Waals surface area contributed by atoms with Crippen LogP contribution in [0.15, 0.2) is 36.5 Å². The maximum Gasteiger partial charge on any atom is 0.254 e. The highest BCUT2D eigenvalue weighted by Gasteiger charge is 2.50. The molecule has 0 radical (unpaired) electrons. The Morgan fingerprint density at radius 2 is 1.86 bits per heavy atom. The molecule has 1 atom stereocenters. The molecule has 6 heteroatoms. The SMILES string of the molecule is O=C(N1CCN(C2c3ccc(Cl)cc3CCc3cccnc32)CC1)C1(O)CC1. The van der Waals surface area contributed by atoms with Gasteiger partial charge in [0.2, 0.25) is 0 Å². The lowest BCUT2D eigenvalue weighted by atomic mass is 9.96. The lowest BCUT2D eigenvalue weighted by molar-refractivity contribution is -0.144. The Bertz CT molecular complexity index is 920. The number of carbonyl (C=O) groups excluding carboxylic acids is 1. The smallest absolute Gasteiger partial charge is 0.254 e. The zero-order valence-electron chi connectivity index (χ0n) is 15.8. The fourth-order valence-electron chi connectivity index (χ4n) is 4.56. The molecule has 1 aliphatic heterocycles. The normalized spacial score (nSPS) is 23.5. The van der Waals surface area contributed by atoms with Crippen molar-refractivity contribution in [3.8, 4) is 0 Å². The number of amides is 1. The van der Waals surface area contributed by atoms with Crippen LogP contribution in [0, 0.1) is 0 Å². The van der Waals surface area contributed by atoms with Gasteiger partial charge in [0.1, 0.15) is 5.60 Å². The van der Waals surface area contributed by atoms with Gasteiger partial charge in [0.05, 0.1) is 11.7 Å². The average molecular weight is 398 g/mol. The molecule has 28 heavy (non-hydrogen) atoms. The van der Waals surface area contributed by atoms with Gasteiger partial charge in [-0.3, -0.25) is 14.7 Å². The molecular weight excluding hydrogens is 374 g/mol. The summed E-state index contributed by atoms with van der Waals surface area (Å²) in [5, 5.41) is 10.9. The Kier molecular flexibility index (Phi) is 4.42. The summed E-state index contributed by atoms with van der Waals surface area (Å²) in [6.45, 7) is 2.82.